The Morgan fingerprint density at radius 2 is 2.14 bits per heavy atom. The van der Waals surface area contributed by atoms with Crippen LogP contribution < -0.4 is 5.73 Å². The molecule has 14 heavy (non-hydrogen) atoms. The summed E-state index contributed by atoms with van der Waals surface area (Å²) in [6.45, 7) is 1.61. The van der Waals surface area contributed by atoms with E-state index in [0.29, 0.717) is 12.0 Å². The maximum Gasteiger partial charge on any atom is 0.114 e. The molecule has 1 aliphatic carbocycles. The van der Waals surface area contributed by atoms with E-state index >= 15 is 0 Å². The Labute approximate surface area is 83.2 Å². The van der Waals surface area contributed by atoms with Crippen LogP contribution in [0.25, 0.3) is 0 Å². The zero-order valence-electron chi connectivity index (χ0n) is 8.11. The molecule has 0 unspecified atom stereocenters. The molecule has 3 heteroatoms. The van der Waals surface area contributed by atoms with E-state index in [9.17, 15) is 0 Å². The van der Waals surface area contributed by atoms with Crippen molar-refractivity contribution in [2.45, 2.75) is 24.3 Å². The third-order valence-electron chi connectivity index (χ3n) is 3.69. The van der Waals surface area contributed by atoms with Gasteiger partial charge >= 0.3 is 0 Å². The summed E-state index contributed by atoms with van der Waals surface area (Å²) in [4.78, 5) is 0. The van der Waals surface area contributed by atoms with Crippen LogP contribution in [-0.4, -0.2) is 19.3 Å². The van der Waals surface area contributed by atoms with Crippen LogP contribution in [0.15, 0.2) is 22.8 Å². The van der Waals surface area contributed by atoms with Crippen LogP contribution in [0.4, 0.5) is 0 Å². The summed E-state index contributed by atoms with van der Waals surface area (Å²) in [5.41, 5.74) is 5.98. The molecule has 2 heterocycles. The molecule has 1 saturated carbocycles. The van der Waals surface area contributed by atoms with E-state index in [1.807, 2.05) is 6.07 Å². The molecular weight excluding hydrogens is 178 g/mol. The molecule has 0 spiro atoms. The van der Waals surface area contributed by atoms with Crippen molar-refractivity contribution in [1.29, 1.82) is 0 Å². The van der Waals surface area contributed by atoms with Crippen molar-refractivity contribution >= 4 is 0 Å². The van der Waals surface area contributed by atoms with Gasteiger partial charge < -0.3 is 14.9 Å². The van der Waals surface area contributed by atoms with Crippen molar-refractivity contribution in [3.05, 3.63) is 24.2 Å². The first-order valence-electron chi connectivity index (χ1n) is 5.18. The molecule has 1 aliphatic heterocycles. The Balaban J connectivity index is 1.85. The fraction of sp³-hybridized carbons (Fsp3) is 0.636. The van der Waals surface area contributed by atoms with Gasteiger partial charge in [0.05, 0.1) is 24.9 Å². The normalized spacial score (nSPS) is 34.6. The third kappa shape index (κ3) is 0.996. The van der Waals surface area contributed by atoms with Gasteiger partial charge in [0.25, 0.3) is 0 Å². The third-order valence-corrected chi connectivity index (χ3v) is 3.69. The molecule has 2 aliphatic rings. The maximum absolute atomic E-state index is 5.83. The Kier molecular flexibility index (Phi) is 1.73. The minimum atomic E-state index is 0.152. The Morgan fingerprint density at radius 3 is 2.57 bits per heavy atom. The zero-order chi connectivity index (χ0) is 9.60. The van der Waals surface area contributed by atoms with Gasteiger partial charge in [0, 0.05) is 6.04 Å². The molecule has 2 fully saturated rings. The van der Waals surface area contributed by atoms with Gasteiger partial charge in [-0.3, -0.25) is 0 Å². The first-order valence-corrected chi connectivity index (χ1v) is 5.18. The molecule has 3 nitrogen and oxygen atoms in total. The van der Waals surface area contributed by atoms with E-state index in [-0.39, 0.29) is 5.41 Å². The van der Waals surface area contributed by atoms with Gasteiger partial charge in [-0.15, -0.1) is 0 Å². The van der Waals surface area contributed by atoms with Crippen molar-refractivity contribution in [3.63, 3.8) is 0 Å². The SMILES string of the molecule is NC1CC(C2(c3ccco3)COC2)C1. The molecule has 2 N–H and O–H groups in total. The van der Waals surface area contributed by atoms with Crippen LogP contribution in [0.2, 0.25) is 0 Å². The number of furan rings is 1. The van der Waals surface area contributed by atoms with E-state index in [0.717, 1.165) is 31.8 Å². The van der Waals surface area contributed by atoms with Gasteiger partial charge in [-0.2, -0.15) is 0 Å². The summed E-state index contributed by atoms with van der Waals surface area (Å²) in [7, 11) is 0. The van der Waals surface area contributed by atoms with E-state index in [1.54, 1.807) is 6.26 Å². The predicted octanol–water partition coefficient (Wildman–Crippen LogP) is 1.28. The minimum Gasteiger partial charge on any atom is -0.469 e. The largest absolute Gasteiger partial charge is 0.469 e. The summed E-state index contributed by atoms with van der Waals surface area (Å²) < 4.78 is 10.9. The van der Waals surface area contributed by atoms with Crippen molar-refractivity contribution in [2.75, 3.05) is 13.2 Å². The average Bonchev–Trinajstić information content (AvgIpc) is 2.52. The lowest BCUT2D eigenvalue weighted by Crippen LogP contribution is -2.58. The average molecular weight is 193 g/mol. The highest BCUT2D eigenvalue weighted by Crippen LogP contribution is 2.48. The fourth-order valence-corrected chi connectivity index (χ4v) is 2.58. The highest BCUT2D eigenvalue weighted by molar-refractivity contribution is 5.22. The number of ether oxygens (including phenoxy) is 1. The van der Waals surface area contributed by atoms with Gasteiger partial charge in [-0.05, 0) is 30.9 Å². The second kappa shape index (κ2) is 2.84. The van der Waals surface area contributed by atoms with Gasteiger partial charge in [0.1, 0.15) is 5.76 Å². The lowest BCUT2D eigenvalue weighted by Gasteiger charge is -2.51. The van der Waals surface area contributed by atoms with Crippen LogP contribution in [-0.2, 0) is 10.2 Å². The van der Waals surface area contributed by atoms with Gasteiger partial charge in [0.15, 0.2) is 0 Å². The Bertz CT molecular complexity index is 310. The molecular formula is C11H15NO2. The Morgan fingerprint density at radius 1 is 1.36 bits per heavy atom. The lowest BCUT2D eigenvalue weighted by molar-refractivity contribution is -0.120. The molecule has 0 radical (unpaired) electrons. The summed E-state index contributed by atoms with van der Waals surface area (Å²) >= 11 is 0. The number of nitrogens with two attached hydrogens (primary N) is 1. The molecule has 76 valence electrons. The molecule has 1 aromatic heterocycles. The second-order valence-electron chi connectivity index (χ2n) is 4.55. The topological polar surface area (TPSA) is 48.4 Å². The predicted molar refractivity (Wildman–Crippen MR) is 51.9 cm³/mol. The van der Waals surface area contributed by atoms with Crippen molar-refractivity contribution < 1.29 is 9.15 Å². The van der Waals surface area contributed by atoms with Crippen molar-refractivity contribution in [2.24, 2.45) is 11.7 Å². The monoisotopic (exact) mass is 193 g/mol. The van der Waals surface area contributed by atoms with Crippen LogP contribution in [0, 0.1) is 5.92 Å². The molecule has 0 bridgehead atoms. The quantitative estimate of drug-likeness (QED) is 0.769. The van der Waals surface area contributed by atoms with Gasteiger partial charge in [-0.25, -0.2) is 0 Å². The van der Waals surface area contributed by atoms with Gasteiger partial charge in [0.2, 0.25) is 0 Å². The molecule has 3 rings (SSSR count). The maximum atomic E-state index is 5.83. The molecule has 0 atom stereocenters. The summed E-state index contributed by atoms with van der Waals surface area (Å²) in [6, 6.07) is 4.41. The number of rotatable bonds is 2. The smallest absolute Gasteiger partial charge is 0.114 e. The Hall–Kier alpha value is -0.800. The standard InChI is InChI=1S/C11H15NO2/c12-9-4-8(5-9)11(6-13-7-11)10-2-1-3-14-10/h1-3,8-9H,4-7,12H2. The van der Waals surface area contributed by atoms with Crippen molar-refractivity contribution in [1.82, 2.24) is 0 Å². The first-order chi connectivity index (χ1) is 6.81. The van der Waals surface area contributed by atoms with E-state index in [1.165, 1.54) is 0 Å². The molecule has 1 saturated heterocycles. The van der Waals surface area contributed by atoms with Crippen molar-refractivity contribution in [3.8, 4) is 0 Å². The molecule has 0 amide bonds. The number of hydrogen-bond acceptors (Lipinski definition) is 3. The minimum absolute atomic E-state index is 0.152. The van der Waals surface area contributed by atoms with Crippen LogP contribution in [0.1, 0.15) is 18.6 Å². The fourth-order valence-electron chi connectivity index (χ4n) is 2.58. The number of hydrogen-bond donors (Lipinski definition) is 1. The second-order valence-corrected chi connectivity index (χ2v) is 4.55. The highest BCUT2D eigenvalue weighted by Gasteiger charge is 2.53. The lowest BCUT2D eigenvalue weighted by atomic mass is 9.61. The summed E-state index contributed by atoms with van der Waals surface area (Å²) in [5, 5.41) is 0. The molecule has 0 aromatic carbocycles. The molecule has 1 aromatic rings. The zero-order valence-corrected chi connectivity index (χ0v) is 8.11. The summed E-state index contributed by atoms with van der Waals surface area (Å²) in [6.07, 6.45) is 3.97. The first kappa shape index (κ1) is 8.50. The van der Waals surface area contributed by atoms with E-state index in [2.05, 4.69) is 6.07 Å². The van der Waals surface area contributed by atoms with E-state index < -0.39 is 0 Å². The highest BCUT2D eigenvalue weighted by atomic mass is 16.5. The van der Waals surface area contributed by atoms with Gasteiger partial charge in [-0.1, -0.05) is 0 Å². The summed E-state index contributed by atoms with van der Waals surface area (Å²) in [5.74, 6) is 1.75. The van der Waals surface area contributed by atoms with E-state index in [4.69, 9.17) is 14.9 Å². The van der Waals surface area contributed by atoms with Crippen LogP contribution in [0.5, 0.6) is 0 Å². The van der Waals surface area contributed by atoms with Crippen LogP contribution in [0.3, 0.4) is 0 Å². The van der Waals surface area contributed by atoms with Crippen LogP contribution >= 0.6 is 0 Å².